The van der Waals surface area contributed by atoms with Crippen LogP contribution in [-0.4, -0.2) is 50.7 Å². The van der Waals surface area contributed by atoms with E-state index in [9.17, 15) is 4.79 Å². The quantitative estimate of drug-likeness (QED) is 0.863. The van der Waals surface area contributed by atoms with Crippen molar-refractivity contribution in [2.45, 2.75) is 39.0 Å². The molecule has 25 heavy (non-hydrogen) atoms. The number of amides is 1. The molecule has 0 radical (unpaired) electrons. The van der Waals surface area contributed by atoms with Gasteiger partial charge in [-0.2, -0.15) is 0 Å². The van der Waals surface area contributed by atoms with E-state index in [0.29, 0.717) is 12.5 Å². The van der Waals surface area contributed by atoms with Crippen molar-refractivity contribution in [1.29, 1.82) is 0 Å². The average molecular weight is 344 g/mol. The number of ether oxygens (including phenoxy) is 1. The predicted octanol–water partition coefficient (Wildman–Crippen LogP) is 2.79. The maximum atomic E-state index is 13.0. The van der Waals surface area contributed by atoms with E-state index in [4.69, 9.17) is 4.74 Å². The lowest BCUT2D eigenvalue weighted by Gasteiger charge is -2.38. The maximum Gasteiger partial charge on any atom is 0.232 e. The largest absolute Gasteiger partial charge is 0.384 e. The van der Waals surface area contributed by atoms with Crippen LogP contribution in [0.1, 0.15) is 36.8 Å². The minimum Gasteiger partial charge on any atom is -0.384 e. The summed E-state index contributed by atoms with van der Waals surface area (Å²) in [6, 6.07) is 8.88. The monoisotopic (exact) mass is 344 g/mol. The zero-order valence-electron chi connectivity index (χ0n) is 15.7. The van der Waals surface area contributed by atoms with Crippen LogP contribution >= 0.6 is 0 Å². The van der Waals surface area contributed by atoms with Gasteiger partial charge in [0, 0.05) is 26.7 Å². The van der Waals surface area contributed by atoms with Gasteiger partial charge in [-0.1, -0.05) is 29.8 Å². The second-order valence-electron chi connectivity index (χ2n) is 7.90. The number of nitrogens with zero attached hydrogens (tertiary/aromatic N) is 1. The molecule has 0 aliphatic carbocycles. The van der Waals surface area contributed by atoms with Crippen molar-refractivity contribution < 1.29 is 9.53 Å². The minimum absolute atomic E-state index is 0.302. The lowest BCUT2D eigenvalue weighted by molar-refractivity contribution is -0.145. The molecule has 1 aromatic carbocycles. The summed E-state index contributed by atoms with van der Waals surface area (Å²) >= 11 is 0. The van der Waals surface area contributed by atoms with Gasteiger partial charge in [0.25, 0.3) is 0 Å². The van der Waals surface area contributed by atoms with Gasteiger partial charge in [0.15, 0.2) is 0 Å². The van der Waals surface area contributed by atoms with Gasteiger partial charge in [-0.05, 0) is 57.1 Å². The Morgan fingerprint density at radius 1 is 1.28 bits per heavy atom. The van der Waals surface area contributed by atoms with Gasteiger partial charge in [0.1, 0.15) is 0 Å². The Kier molecular flexibility index (Phi) is 6.13. The van der Waals surface area contributed by atoms with Gasteiger partial charge < -0.3 is 15.0 Å². The summed E-state index contributed by atoms with van der Waals surface area (Å²) in [4.78, 5) is 15.1. The molecule has 1 N–H and O–H groups in total. The van der Waals surface area contributed by atoms with Crippen LogP contribution in [0.25, 0.3) is 0 Å². The van der Waals surface area contributed by atoms with Crippen molar-refractivity contribution in [3.63, 3.8) is 0 Å². The van der Waals surface area contributed by atoms with Crippen LogP contribution in [0.3, 0.4) is 0 Å². The Bertz CT molecular complexity index is 556. The highest BCUT2D eigenvalue weighted by molar-refractivity contribution is 5.83. The molecule has 138 valence electrons. The third-order valence-electron chi connectivity index (χ3n) is 5.98. The van der Waals surface area contributed by atoms with E-state index in [2.05, 4.69) is 41.4 Å². The molecule has 2 saturated heterocycles. The number of piperidine rings is 1. The third kappa shape index (κ3) is 4.42. The van der Waals surface area contributed by atoms with E-state index < -0.39 is 0 Å². The first-order chi connectivity index (χ1) is 12.1. The standard InChI is InChI=1S/C21H32N2O2/c1-17-3-5-18(6-4-17)7-8-19-9-13-23(14-10-19)20(24)21(16-25-2)11-12-22-15-21/h3-6,19,22H,7-16H2,1-2H3. The molecule has 2 heterocycles. The Balaban J connectivity index is 1.48. The van der Waals surface area contributed by atoms with Gasteiger partial charge >= 0.3 is 0 Å². The van der Waals surface area contributed by atoms with Crippen molar-refractivity contribution in [3.05, 3.63) is 35.4 Å². The number of carbonyl (C=O) groups is 1. The molecule has 4 heteroatoms. The summed E-state index contributed by atoms with van der Waals surface area (Å²) in [5, 5.41) is 3.34. The summed E-state index contributed by atoms with van der Waals surface area (Å²) < 4.78 is 5.37. The zero-order chi connectivity index (χ0) is 17.7. The molecule has 0 saturated carbocycles. The van der Waals surface area contributed by atoms with Crippen molar-refractivity contribution in [1.82, 2.24) is 10.2 Å². The van der Waals surface area contributed by atoms with E-state index in [1.807, 2.05) is 0 Å². The van der Waals surface area contributed by atoms with Crippen LogP contribution in [0.15, 0.2) is 24.3 Å². The number of nitrogens with one attached hydrogen (secondary N) is 1. The number of likely N-dealkylation sites (tertiary alicyclic amines) is 1. The number of aryl methyl sites for hydroxylation is 2. The molecule has 0 bridgehead atoms. The first-order valence-corrected chi connectivity index (χ1v) is 9.67. The van der Waals surface area contributed by atoms with Crippen molar-refractivity contribution in [2.75, 3.05) is 39.9 Å². The summed E-state index contributed by atoms with van der Waals surface area (Å²) in [6.45, 7) is 6.15. The van der Waals surface area contributed by atoms with Crippen molar-refractivity contribution >= 4 is 5.91 Å². The second kappa shape index (κ2) is 8.33. The molecular weight excluding hydrogens is 312 g/mol. The summed E-state index contributed by atoms with van der Waals surface area (Å²) in [6.07, 6.45) is 5.54. The molecule has 1 amide bonds. The summed E-state index contributed by atoms with van der Waals surface area (Å²) in [7, 11) is 1.70. The van der Waals surface area contributed by atoms with Gasteiger partial charge in [-0.3, -0.25) is 4.79 Å². The number of methoxy groups -OCH3 is 1. The first-order valence-electron chi connectivity index (χ1n) is 9.67. The Labute approximate surface area is 151 Å². The first kappa shape index (κ1) is 18.4. The Morgan fingerprint density at radius 2 is 2.00 bits per heavy atom. The molecule has 4 nitrogen and oxygen atoms in total. The molecular formula is C21H32N2O2. The smallest absolute Gasteiger partial charge is 0.232 e. The molecule has 3 rings (SSSR count). The van der Waals surface area contributed by atoms with Crippen LogP contribution in [0, 0.1) is 18.3 Å². The normalized spacial score (nSPS) is 24.6. The van der Waals surface area contributed by atoms with Crippen LogP contribution < -0.4 is 5.32 Å². The maximum absolute atomic E-state index is 13.0. The van der Waals surface area contributed by atoms with Crippen molar-refractivity contribution in [3.8, 4) is 0 Å². The van der Waals surface area contributed by atoms with E-state index in [1.165, 1.54) is 17.5 Å². The van der Waals surface area contributed by atoms with Crippen molar-refractivity contribution in [2.24, 2.45) is 11.3 Å². The van der Waals surface area contributed by atoms with Gasteiger partial charge in [0.05, 0.1) is 12.0 Å². The fourth-order valence-electron chi connectivity index (χ4n) is 4.27. The predicted molar refractivity (Wildman–Crippen MR) is 101 cm³/mol. The molecule has 2 fully saturated rings. The fraction of sp³-hybridized carbons (Fsp3) is 0.667. The number of carbonyl (C=O) groups excluding carboxylic acids is 1. The molecule has 2 aliphatic heterocycles. The fourth-order valence-corrected chi connectivity index (χ4v) is 4.27. The Hall–Kier alpha value is -1.39. The van der Waals surface area contributed by atoms with Crippen LogP contribution in [0.4, 0.5) is 0 Å². The lowest BCUT2D eigenvalue weighted by atomic mass is 9.84. The molecule has 1 atom stereocenters. The highest BCUT2D eigenvalue weighted by Crippen LogP contribution is 2.31. The molecule has 0 aromatic heterocycles. The van der Waals surface area contributed by atoms with Gasteiger partial charge in [0.2, 0.25) is 5.91 Å². The molecule has 1 aromatic rings. The highest BCUT2D eigenvalue weighted by atomic mass is 16.5. The third-order valence-corrected chi connectivity index (χ3v) is 5.98. The van der Waals surface area contributed by atoms with E-state index in [0.717, 1.165) is 57.8 Å². The van der Waals surface area contributed by atoms with E-state index in [-0.39, 0.29) is 5.41 Å². The van der Waals surface area contributed by atoms with Crippen LogP contribution in [0.2, 0.25) is 0 Å². The van der Waals surface area contributed by atoms with E-state index in [1.54, 1.807) is 7.11 Å². The number of hydrogen-bond acceptors (Lipinski definition) is 3. The summed E-state index contributed by atoms with van der Waals surface area (Å²) in [5.41, 5.74) is 2.42. The molecule has 0 spiro atoms. The van der Waals surface area contributed by atoms with Gasteiger partial charge in [-0.25, -0.2) is 0 Å². The average Bonchev–Trinajstić information content (AvgIpc) is 3.11. The van der Waals surface area contributed by atoms with Crippen LogP contribution in [-0.2, 0) is 16.0 Å². The minimum atomic E-state index is -0.330. The topological polar surface area (TPSA) is 41.6 Å². The SMILES string of the molecule is COCC1(C(=O)N2CCC(CCc3ccc(C)cc3)CC2)CCNC1. The number of benzene rings is 1. The number of hydrogen-bond donors (Lipinski definition) is 1. The van der Waals surface area contributed by atoms with Gasteiger partial charge in [-0.15, -0.1) is 0 Å². The second-order valence-corrected chi connectivity index (χ2v) is 7.90. The zero-order valence-corrected chi connectivity index (χ0v) is 15.7. The Morgan fingerprint density at radius 3 is 2.60 bits per heavy atom. The highest BCUT2D eigenvalue weighted by Gasteiger charge is 2.44. The van der Waals surface area contributed by atoms with E-state index >= 15 is 0 Å². The number of rotatable bonds is 6. The molecule has 2 aliphatic rings. The summed E-state index contributed by atoms with van der Waals surface area (Å²) in [5.74, 6) is 1.04. The lowest BCUT2D eigenvalue weighted by Crippen LogP contribution is -2.50. The molecule has 1 unspecified atom stereocenters. The van der Waals surface area contributed by atoms with Crippen LogP contribution in [0.5, 0.6) is 0 Å².